The van der Waals surface area contributed by atoms with Gasteiger partial charge in [-0.15, -0.1) is 0 Å². The third kappa shape index (κ3) is 5.26. The summed E-state index contributed by atoms with van der Waals surface area (Å²) in [7, 11) is 0. The lowest BCUT2D eigenvalue weighted by atomic mass is 9.67. The smallest absolute Gasteiger partial charge is 0.135 e. The van der Waals surface area contributed by atoms with E-state index in [1.165, 1.54) is 44.5 Å². The van der Waals surface area contributed by atoms with Gasteiger partial charge in [0.25, 0.3) is 0 Å². The van der Waals surface area contributed by atoms with Crippen LogP contribution < -0.4 is 4.90 Å². The predicted octanol–water partition coefficient (Wildman–Crippen LogP) is 14.8. The van der Waals surface area contributed by atoms with Crippen molar-refractivity contribution in [1.82, 2.24) is 0 Å². The molecule has 0 aliphatic heterocycles. The van der Waals surface area contributed by atoms with Gasteiger partial charge in [-0.05, 0) is 98.6 Å². The highest BCUT2D eigenvalue weighted by molar-refractivity contribution is 6.07. The van der Waals surface area contributed by atoms with E-state index in [1.807, 2.05) is 12.1 Å². The number of rotatable bonds is 7. The molecule has 0 spiro atoms. The van der Waals surface area contributed by atoms with Crippen molar-refractivity contribution in [3.8, 4) is 33.4 Å². The number of benzene rings is 9. The fourth-order valence-corrected chi connectivity index (χ4v) is 9.22. The van der Waals surface area contributed by atoms with Gasteiger partial charge in [-0.3, -0.25) is 0 Å². The first-order valence-electron chi connectivity index (χ1n) is 19.6. The number of anilines is 3. The average molecular weight is 728 g/mol. The Morgan fingerprint density at radius 3 is 1.58 bits per heavy atom. The average Bonchev–Trinajstić information content (AvgIpc) is 3.81. The van der Waals surface area contributed by atoms with Crippen LogP contribution in [0.4, 0.5) is 17.1 Å². The quantitative estimate of drug-likeness (QED) is 0.163. The number of furan rings is 1. The number of fused-ring (bicyclic) bond motifs is 6. The maximum atomic E-state index is 6.34. The summed E-state index contributed by atoms with van der Waals surface area (Å²) >= 11 is 0. The molecule has 2 heteroatoms. The summed E-state index contributed by atoms with van der Waals surface area (Å²) in [6, 6.07) is 81.4. The molecule has 0 radical (unpaired) electrons. The molecule has 1 aliphatic rings. The number of para-hydroxylation sites is 1. The van der Waals surface area contributed by atoms with E-state index in [1.54, 1.807) is 0 Å². The molecule has 0 saturated heterocycles. The molecule has 0 amide bonds. The van der Waals surface area contributed by atoms with Crippen LogP contribution in [0.5, 0.6) is 0 Å². The molecule has 1 aromatic heterocycles. The van der Waals surface area contributed by atoms with Gasteiger partial charge in [0.05, 0.1) is 11.1 Å². The Balaban J connectivity index is 1.23. The Kier molecular flexibility index (Phi) is 7.75. The van der Waals surface area contributed by atoms with Crippen LogP contribution >= 0.6 is 0 Å². The van der Waals surface area contributed by atoms with E-state index in [0.717, 1.165) is 50.1 Å². The minimum Gasteiger partial charge on any atom is -0.456 e. The normalized spacial score (nSPS) is 12.7. The van der Waals surface area contributed by atoms with E-state index in [0.29, 0.717) is 0 Å². The van der Waals surface area contributed by atoms with E-state index in [-0.39, 0.29) is 0 Å². The summed E-state index contributed by atoms with van der Waals surface area (Å²) in [5.41, 5.74) is 16.7. The lowest BCUT2D eigenvalue weighted by Crippen LogP contribution is -2.28. The zero-order valence-electron chi connectivity index (χ0n) is 31.2. The molecule has 9 aromatic carbocycles. The highest BCUT2D eigenvalue weighted by Gasteiger charge is 2.46. The molecular formula is C55H37NO. The van der Waals surface area contributed by atoms with Crippen molar-refractivity contribution >= 4 is 39.0 Å². The monoisotopic (exact) mass is 727 g/mol. The number of hydrogen-bond donors (Lipinski definition) is 0. The van der Waals surface area contributed by atoms with E-state index < -0.39 is 5.41 Å². The molecule has 0 bridgehead atoms. The predicted molar refractivity (Wildman–Crippen MR) is 237 cm³/mol. The minimum atomic E-state index is -0.521. The van der Waals surface area contributed by atoms with Gasteiger partial charge in [0.1, 0.15) is 11.2 Å². The van der Waals surface area contributed by atoms with Crippen LogP contribution in [-0.4, -0.2) is 0 Å². The third-order valence-electron chi connectivity index (χ3n) is 11.8. The molecule has 0 unspecified atom stereocenters. The molecular weight excluding hydrogens is 691 g/mol. The van der Waals surface area contributed by atoms with Crippen LogP contribution in [0, 0.1) is 0 Å². The van der Waals surface area contributed by atoms with Gasteiger partial charge < -0.3 is 9.32 Å². The summed E-state index contributed by atoms with van der Waals surface area (Å²) in [5.74, 6) is 0. The van der Waals surface area contributed by atoms with E-state index in [4.69, 9.17) is 4.42 Å². The first-order chi connectivity index (χ1) is 28.3. The molecule has 10 aromatic rings. The largest absolute Gasteiger partial charge is 0.456 e. The molecule has 57 heavy (non-hydrogen) atoms. The zero-order chi connectivity index (χ0) is 37.8. The second kappa shape index (κ2) is 13.4. The SMILES string of the molecule is c1ccc(-c2ccc(N(c3ccc4oc5ccccc5c4c3)c3cc4c(cc3-c3ccccc3)C(c3ccccc3)(c3ccccc3)c3ccccc3-4)cc2)cc1. The van der Waals surface area contributed by atoms with Gasteiger partial charge in [-0.1, -0.05) is 176 Å². The second-order valence-electron chi connectivity index (χ2n) is 14.8. The van der Waals surface area contributed by atoms with E-state index >= 15 is 0 Å². The van der Waals surface area contributed by atoms with Gasteiger partial charge in [0.15, 0.2) is 0 Å². The lowest BCUT2D eigenvalue weighted by molar-refractivity contribution is 0.669. The topological polar surface area (TPSA) is 16.4 Å². The summed E-state index contributed by atoms with van der Waals surface area (Å²) in [4.78, 5) is 2.44. The Hall–Kier alpha value is -7.42. The van der Waals surface area contributed by atoms with Gasteiger partial charge in [-0.2, -0.15) is 0 Å². The van der Waals surface area contributed by atoms with Crippen LogP contribution in [0.3, 0.4) is 0 Å². The maximum Gasteiger partial charge on any atom is 0.135 e. The second-order valence-corrected chi connectivity index (χ2v) is 14.8. The number of hydrogen-bond acceptors (Lipinski definition) is 2. The van der Waals surface area contributed by atoms with Gasteiger partial charge in [0.2, 0.25) is 0 Å². The standard InChI is InChI=1S/C55H37NO/c1-5-17-38(18-6-1)39-29-31-43(32-30-39)56(44-33-34-54-49(35-44)46-26-14-16-28-53(46)57-54)52-37-48-45-25-13-15-27-50(45)55(41-21-9-3-10-22-41,42-23-11-4-12-24-42)51(48)36-47(52)40-19-7-2-8-20-40/h1-37H. The molecule has 0 fully saturated rings. The van der Waals surface area contributed by atoms with Gasteiger partial charge >= 0.3 is 0 Å². The molecule has 0 N–H and O–H groups in total. The third-order valence-corrected chi connectivity index (χ3v) is 11.8. The van der Waals surface area contributed by atoms with Crippen molar-refractivity contribution in [1.29, 1.82) is 0 Å². The molecule has 11 rings (SSSR count). The van der Waals surface area contributed by atoms with Crippen molar-refractivity contribution < 1.29 is 4.42 Å². The maximum absolute atomic E-state index is 6.34. The Morgan fingerprint density at radius 2 is 0.877 bits per heavy atom. The van der Waals surface area contributed by atoms with Crippen LogP contribution in [0.2, 0.25) is 0 Å². The Bertz CT molecular complexity index is 3000. The van der Waals surface area contributed by atoms with Crippen molar-refractivity contribution in [3.05, 3.63) is 247 Å². The first-order valence-corrected chi connectivity index (χ1v) is 19.6. The molecule has 0 atom stereocenters. The highest BCUT2D eigenvalue weighted by Crippen LogP contribution is 2.59. The fourth-order valence-electron chi connectivity index (χ4n) is 9.22. The van der Waals surface area contributed by atoms with Crippen molar-refractivity contribution in [2.75, 3.05) is 4.90 Å². The summed E-state index contributed by atoms with van der Waals surface area (Å²) in [5, 5.41) is 2.20. The Labute approximate surface area is 332 Å². The van der Waals surface area contributed by atoms with E-state index in [2.05, 4.69) is 217 Å². The first kappa shape index (κ1) is 33.0. The van der Waals surface area contributed by atoms with Gasteiger partial charge in [-0.25, -0.2) is 0 Å². The summed E-state index contributed by atoms with van der Waals surface area (Å²) < 4.78 is 6.34. The molecule has 268 valence electrons. The Morgan fingerprint density at radius 1 is 0.333 bits per heavy atom. The highest BCUT2D eigenvalue weighted by atomic mass is 16.3. The zero-order valence-corrected chi connectivity index (χ0v) is 31.2. The van der Waals surface area contributed by atoms with Crippen molar-refractivity contribution in [2.45, 2.75) is 5.41 Å². The number of nitrogens with zero attached hydrogens (tertiary/aromatic N) is 1. The summed E-state index contributed by atoms with van der Waals surface area (Å²) in [6.07, 6.45) is 0. The summed E-state index contributed by atoms with van der Waals surface area (Å²) in [6.45, 7) is 0. The van der Waals surface area contributed by atoms with Gasteiger partial charge in [0, 0.05) is 27.7 Å². The van der Waals surface area contributed by atoms with Crippen LogP contribution in [-0.2, 0) is 5.41 Å². The van der Waals surface area contributed by atoms with Crippen molar-refractivity contribution in [2.24, 2.45) is 0 Å². The molecule has 2 nitrogen and oxygen atoms in total. The lowest BCUT2D eigenvalue weighted by Gasteiger charge is -2.35. The van der Waals surface area contributed by atoms with E-state index in [9.17, 15) is 0 Å². The minimum absolute atomic E-state index is 0.521. The fraction of sp³-hybridized carbons (Fsp3) is 0.0182. The van der Waals surface area contributed by atoms with Crippen molar-refractivity contribution in [3.63, 3.8) is 0 Å². The van der Waals surface area contributed by atoms with Crippen LogP contribution in [0.1, 0.15) is 22.3 Å². The van der Waals surface area contributed by atoms with Crippen LogP contribution in [0.25, 0.3) is 55.3 Å². The molecule has 1 aliphatic carbocycles. The molecule has 1 heterocycles. The van der Waals surface area contributed by atoms with Crippen LogP contribution in [0.15, 0.2) is 229 Å². The molecule has 0 saturated carbocycles.